The van der Waals surface area contributed by atoms with E-state index >= 15 is 0 Å². The Morgan fingerprint density at radius 3 is 1.85 bits per heavy atom. The van der Waals surface area contributed by atoms with Crippen molar-refractivity contribution in [2.75, 3.05) is 4.90 Å². The van der Waals surface area contributed by atoms with Crippen molar-refractivity contribution in [3.05, 3.63) is 118 Å². The number of benzene rings is 5. The van der Waals surface area contributed by atoms with Crippen LogP contribution in [-0.4, -0.2) is 6.71 Å². The molecule has 5 aromatic carbocycles. The van der Waals surface area contributed by atoms with Gasteiger partial charge in [-0.25, -0.2) is 0 Å². The van der Waals surface area contributed by atoms with Gasteiger partial charge in [-0.2, -0.15) is 0 Å². The third kappa shape index (κ3) is 4.69. The fraction of sp³-hybridized carbons (Fsp3) is 0.388. The van der Waals surface area contributed by atoms with Crippen LogP contribution in [0.5, 0.6) is 0 Å². The number of para-hydroxylation sites is 1. The minimum Gasteiger partial charge on any atom is -0.456 e. The van der Waals surface area contributed by atoms with Crippen molar-refractivity contribution in [2.24, 2.45) is 0 Å². The molecule has 0 amide bonds. The molecule has 0 fully saturated rings. The molecule has 0 radical (unpaired) electrons. The van der Waals surface area contributed by atoms with Crippen molar-refractivity contribution in [3.63, 3.8) is 0 Å². The second kappa shape index (κ2) is 10.5. The maximum atomic E-state index is 6.64. The monoisotopic (exact) mass is 683 g/mol. The minimum atomic E-state index is -0.185. The van der Waals surface area contributed by atoms with Gasteiger partial charge in [0.05, 0.1) is 0 Å². The number of furan rings is 1. The summed E-state index contributed by atoms with van der Waals surface area (Å²) in [5, 5.41) is 2.37. The van der Waals surface area contributed by atoms with E-state index in [0.717, 1.165) is 11.2 Å². The number of fused-ring (bicyclic) bond motifs is 8. The first-order valence-electron chi connectivity index (χ1n) is 19.5. The zero-order valence-electron chi connectivity index (χ0n) is 33.4. The van der Waals surface area contributed by atoms with E-state index in [1.54, 1.807) is 5.56 Å². The summed E-state index contributed by atoms with van der Waals surface area (Å²) >= 11 is 0. The van der Waals surface area contributed by atoms with E-state index in [-0.39, 0.29) is 33.8 Å². The van der Waals surface area contributed by atoms with E-state index in [9.17, 15) is 0 Å². The van der Waals surface area contributed by atoms with Crippen molar-refractivity contribution in [1.29, 1.82) is 0 Å². The summed E-state index contributed by atoms with van der Waals surface area (Å²) in [6, 6.07) is 33.1. The van der Waals surface area contributed by atoms with Gasteiger partial charge >= 0.3 is 0 Å². The summed E-state index contributed by atoms with van der Waals surface area (Å²) in [4.78, 5) is 2.56. The van der Waals surface area contributed by atoms with Crippen molar-refractivity contribution < 1.29 is 4.42 Å². The molecule has 3 heterocycles. The fourth-order valence-corrected chi connectivity index (χ4v) is 9.83. The SMILES string of the molecule is CC(C)(C)c1ccc(N2c3cc4oc5ccccc5c4cc3B3c4cc5c(cc4C(C)(C)c4cc(C(C)(C)C)cc2c43)C(C)(C)CCC5(C)C)cc1. The molecule has 3 aliphatic rings. The third-order valence-electron chi connectivity index (χ3n) is 13.3. The topological polar surface area (TPSA) is 16.4 Å². The zero-order chi connectivity index (χ0) is 36.9. The Morgan fingerprint density at radius 2 is 1.19 bits per heavy atom. The van der Waals surface area contributed by atoms with E-state index < -0.39 is 0 Å². The van der Waals surface area contributed by atoms with E-state index in [1.165, 1.54) is 84.9 Å². The highest BCUT2D eigenvalue weighted by atomic mass is 16.3. The molecule has 264 valence electrons. The Morgan fingerprint density at radius 1 is 0.558 bits per heavy atom. The van der Waals surface area contributed by atoms with Crippen LogP contribution in [0.2, 0.25) is 0 Å². The molecule has 9 rings (SSSR count). The van der Waals surface area contributed by atoms with E-state index in [0.29, 0.717) is 0 Å². The molecule has 52 heavy (non-hydrogen) atoms. The van der Waals surface area contributed by atoms with Crippen LogP contribution in [0, 0.1) is 0 Å². The molecule has 2 nitrogen and oxygen atoms in total. The lowest BCUT2D eigenvalue weighted by Crippen LogP contribution is -2.64. The van der Waals surface area contributed by atoms with Crippen molar-refractivity contribution in [3.8, 4) is 0 Å². The molecular weight excluding hydrogens is 629 g/mol. The lowest BCUT2D eigenvalue weighted by Gasteiger charge is -2.49. The Bertz CT molecular complexity index is 2460. The van der Waals surface area contributed by atoms with E-state index in [4.69, 9.17) is 4.42 Å². The Balaban J connectivity index is 1.43. The highest BCUT2D eigenvalue weighted by molar-refractivity contribution is 6.99. The standard InChI is InChI=1S/C49H54BNO/c1-45(2,3)29-17-19-31(20-18-29)51-40-28-43-33(32-15-13-14-16-42(32)52-43)25-39(40)50-38-27-35-34(47(7,8)21-22-48(35,9)10)26-36(38)49(11,12)37-23-30(46(4,5)6)24-41(51)44(37)50/h13-20,23-28H,21-22H2,1-12H3. The van der Waals surface area contributed by atoms with Crippen LogP contribution in [0.1, 0.15) is 129 Å². The molecule has 0 N–H and O–H groups in total. The summed E-state index contributed by atoms with van der Waals surface area (Å²) < 4.78 is 6.64. The fourth-order valence-electron chi connectivity index (χ4n) is 9.83. The van der Waals surface area contributed by atoms with Crippen LogP contribution >= 0.6 is 0 Å². The summed E-state index contributed by atoms with van der Waals surface area (Å²) in [5.74, 6) is 0. The largest absolute Gasteiger partial charge is 0.456 e. The van der Waals surface area contributed by atoms with Gasteiger partial charge in [-0.3, -0.25) is 0 Å². The van der Waals surface area contributed by atoms with Gasteiger partial charge in [0.1, 0.15) is 11.2 Å². The maximum absolute atomic E-state index is 6.64. The Labute approximate surface area is 311 Å². The van der Waals surface area contributed by atoms with Crippen LogP contribution in [0.4, 0.5) is 17.1 Å². The van der Waals surface area contributed by atoms with Crippen molar-refractivity contribution >= 4 is 62.1 Å². The van der Waals surface area contributed by atoms with Gasteiger partial charge in [0.25, 0.3) is 0 Å². The molecule has 0 saturated carbocycles. The predicted octanol–water partition coefficient (Wildman–Crippen LogP) is 11.5. The summed E-state index contributed by atoms with van der Waals surface area (Å²) in [7, 11) is 0. The number of anilines is 3. The molecule has 0 unspecified atom stereocenters. The van der Waals surface area contributed by atoms with Crippen molar-refractivity contribution in [2.45, 2.75) is 123 Å². The molecule has 0 spiro atoms. The second-order valence-electron chi connectivity index (χ2n) is 20.2. The van der Waals surface area contributed by atoms with Crippen LogP contribution in [0.3, 0.4) is 0 Å². The molecule has 1 aliphatic carbocycles. The lowest BCUT2D eigenvalue weighted by molar-refractivity contribution is 0.331. The molecular formula is C49H54BNO. The molecule has 0 atom stereocenters. The third-order valence-corrected chi connectivity index (χ3v) is 13.3. The number of hydrogen-bond acceptors (Lipinski definition) is 2. The van der Waals surface area contributed by atoms with Gasteiger partial charge in [0.2, 0.25) is 6.71 Å². The number of hydrogen-bond donors (Lipinski definition) is 0. The maximum Gasteiger partial charge on any atom is 0.247 e. The number of rotatable bonds is 1. The molecule has 3 heteroatoms. The van der Waals surface area contributed by atoms with Gasteiger partial charge in [-0.15, -0.1) is 0 Å². The summed E-state index contributed by atoms with van der Waals surface area (Å²) in [5.41, 5.74) is 18.7. The smallest absolute Gasteiger partial charge is 0.247 e. The van der Waals surface area contributed by atoms with Crippen LogP contribution < -0.4 is 21.3 Å². The average molecular weight is 684 g/mol. The van der Waals surface area contributed by atoms with Gasteiger partial charge in [-0.05, 0) is 103 Å². The highest BCUT2D eigenvalue weighted by Gasteiger charge is 2.49. The first kappa shape index (κ1) is 33.6. The van der Waals surface area contributed by atoms with Gasteiger partial charge in [0.15, 0.2) is 0 Å². The van der Waals surface area contributed by atoms with Crippen molar-refractivity contribution in [1.82, 2.24) is 0 Å². The first-order valence-corrected chi connectivity index (χ1v) is 19.5. The lowest BCUT2D eigenvalue weighted by atomic mass is 9.29. The Hall–Kier alpha value is -4.24. The summed E-state index contributed by atoms with van der Waals surface area (Å²) in [6.45, 7) is 28.9. The number of nitrogens with zero attached hydrogens (tertiary/aromatic N) is 1. The molecule has 0 saturated heterocycles. The second-order valence-corrected chi connectivity index (χ2v) is 20.2. The Kier molecular flexibility index (Phi) is 6.76. The van der Waals surface area contributed by atoms with Crippen LogP contribution in [-0.2, 0) is 27.1 Å². The molecule has 2 aliphatic heterocycles. The van der Waals surface area contributed by atoms with Crippen LogP contribution in [0.15, 0.2) is 89.3 Å². The molecule has 0 bridgehead atoms. The normalized spacial score (nSPS) is 18.2. The van der Waals surface area contributed by atoms with Gasteiger partial charge < -0.3 is 9.32 Å². The van der Waals surface area contributed by atoms with E-state index in [1.807, 2.05) is 0 Å². The van der Waals surface area contributed by atoms with Gasteiger partial charge in [-0.1, -0.05) is 143 Å². The molecule has 6 aromatic rings. The molecule has 1 aromatic heterocycles. The average Bonchev–Trinajstić information content (AvgIpc) is 3.44. The zero-order valence-corrected chi connectivity index (χ0v) is 33.4. The first-order chi connectivity index (χ1) is 24.3. The quantitative estimate of drug-likeness (QED) is 0.160. The highest BCUT2D eigenvalue weighted by Crippen LogP contribution is 2.50. The van der Waals surface area contributed by atoms with Gasteiger partial charge in [0, 0.05) is 39.3 Å². The summed E-state index contributed by atoms with van der Waals surface area (Å²) in [6.07, 6.45) is 2.41. The van der Waals surface area contributed by atoms with E-state index in [2.05, 4.69) is 173 Å². The minimum absolute atomic E-state index is 0.0238. The van der Waals surface area contributed by atoms with Crippen LogP contribution in [0.25, 0.3) is 21.9 Å². The predicted molar refractivity (Wildman–Crippen MR) is 224 cm³/mol.